The summed E-state index contributed by atoms with van der Waals surface area (Å²) in [4.78, 5) is 2.24. The van der Waals surface area contributed by atoms with Gasteiger partial charge >= 0.3 is 0 Å². The summed E-state index contributed by atoms with van der Waals surface area (Å²) in [6.45, 7) is 1.51. The number of thiocarbonyl (C=S) groups is 1. The molecule has 0 spiro atoms. The first-order chi connectivity index (χ1) is 10.1. The third-order valence-corrected chi connectivity index (χ3v) is 4.79. The van der Waals surface area contributed by atoms with Crippen LogP contribution in [-0.2, 0) is 13.0 Å². The number of rotatable bonds is 2. The third-order valence-electron chi connectivity index (χ3n) is 3.80. The molecule has 0 amide bonds. The maximum Gasteiger partial charge on any atom is 0.161 e. The van der Waals surface area contributed by atoms with E-state index in [1.807, 2.05) is 17.0 Å². The largest absolute Gasteiger partial charge is 0.389 e. The number of anilines is 1. The van der Waals surface area contributed by atoms with Gasteiger partial charge in [0.2, 0.25) is 0 Å². The Hall–Kier alpha value is -1.46. The molecule has 1 heterocycles. The van der Waals surface area contributed by atoms with Crippen LogP contribution in [0.2, 0.25) is 0 Å². The Balaban J connectivity index is 1.96. The summed E-state index contributed by atoms with van der Waals surface area (Å²) < 4.78 is 14.9. The molecule has 0 bridgehead atoms. The minimum absolute atomic E-state index is 0.191. The molecule has 21 heavy (non-hydrogen) atoms. The Kier molecular flexibility index (Phi) is 3.95. The van der Waals surface area contributed by atoms with Crippen LogP contribution in [0.4, 0.5) is 10.1 Å². The Morgan fingerprint density at radius 3 is 2.62 bits per heavy atom. The van der Waals surface area contributed by atoms with Gasteiger partial charge in [-0.1, -0.05) is 36.5 Å². The molecule has 2 aromatic rings. The van der Waals surface area contributed by atoms with Gasteiger partial charge in [0.25, 0.3) is 0 Å². The molecule has 2 nitrogen and oxygen atoms in total. The van der Waals surface area contributed by atoms with Crippen molar-refractivity contribution in [1.82, 2.24) is 0 Å². The molecule has 0 saturated carbocycles. The Morgan fingerprint density at radius 2 is 1.90 bits per heavy atom. The van der Waals surface area contributed by atoms with Gasteiger partial charge in [0.1, 0.15) is 4.99 Å². The number of hydrogen-bond donors (Lipinski definition) is 1. The van der Waals surface area contributed by atoms with E-state index in [0.717, 1.165) is 13.0 Å². The summed E-state index contributed by atoms with van der Waals surface area (Å²) in [7, 11) is 0. The molecule has 0 unspecified atom stereocenters. The summed E-state index contributed by atoms with van der Waals surface area (Å²) in [6.07, 6.45) is 0.921. The summed E-state index contributed by atoms with van der Waals surface area (Å²) in [6, 6.07) is 11.8. The molecule has 2 N–H and O–H groups in total. The van der Waals surface area contributed by atoms with Crippen molar-refractivity contribution in [2.24, 2.45) is 5.73 Å². The predicted molar refractivity (Wildman–Crippen MR) is 91.2 cm³/mol. The van der Waals surface area contributed by atoms with Crippen LogP contribution in [0, 0.1) is 5.82 Å². The molecular formula is C16H14BrFN2S. The van der Waals surface area contributed by atoms with Gasteiger partial charge in [-0.2, -0.15) is 0 Å². The molecular weight excluding hydrogens is 351 g/mol. The summed E-state index contributed by atoms with van der Waals surface area (Å²) in [5.41, 5.74) is 9.30. The smallest absolute Gasteiger partial charge is 0.161 e. The maximum atomic E-state index is 14.6. The number of nitrogens with zero attached hydrogens (tertiary/aromatic N) is 1. The zero-order valence-electron chi connectivity index (χ0n) is 11.3. The quantitative estimate of drug-likeness (QED) is 0.822. The molecule has 1 aliphatic heterocycles. The van der Waals surface area contributed by atoms with E-state index < -0.39 is 0 Å². The predicted octanol–water partition coefficient (Wildman–Crippen LogP) is 3.79. The molecule has 5 heteroatoms. The molecule has 108 valence electrons. The Morgan fingerprint density at radius 1 is 1.19 bits per heavy atom. The number of halogens is 2. The Bertz CT molecular complexity index is 717. The highest BCUT2D eigenvalue weighted by Gasteiger charge is 2.21. The van der Waals surface area contributed by atoms with E-state index in [9.17, 15) is 4.39 Å². The fraction of sp³-hybridized carbons (Fsp3) is 0.188. The van der Waals surface area contributed by atoms with Crippen LogP contribution < -0.4 is 10.6 Å². The highest BCUT2D eigenvalue weighted by atomic mass is 79.9. The van der Waals surface area contributed by atoms with Crippen molar-refractivity contribution in [3.63, 3.8) is 0 Å². The fourth-order valence-electron chi connectivity index (χ4n) is 2.68. The zero-order valence-corrected chi connectivity index (χ0v) is 13.7. The second-order valence-corrected chi connectivity index (χ2v) is 6.30. The van der Waals surface area contributed by atoms with E-state index in [-0.39, 0.29) is 10.8 Å². The van der Waals surface area contributed by atoms with Crippen LogP contribution in [0.25, 0.3) is 0 Å². The number of hydrogen-bond acceptors (Lipinski definition) is 2. The normalized spacial score (nSPS) is 13.9. The van der Waals surface area contributed by atoms with E-state index in [0.29, 0.717) is 22.3 Å². The van der Waals surface area contributed by atoms with Crippen LogP contribution in [0.3, 0.4) is 0 Å². The average Bonchev–Trinajstić information content (AvgIpc) is 2.49. The van der Waals surface area contributed by atoms with Crippen molar-refractivity contribution in [2.75, 3.05) is 11.4 Å². The lowest BCUT2D eigenvalue weighted by molar-refractivity contribution is 0.604. The Labute approximate surface area is 136 Å². The molecule has 0 aromatic heterocycles. The van der Waals surface area contributed by atoms with Gasteiger partial charge < -0.3 is 10.6 Å². The van der Waals surface area contributed by atoms with Gasteiger partial charge in [-0.3, -0.25) is 0 Å². The monoisotopic (exact) mass is 364 g/mol. The molecule has 2 aromatic carbocycles. The number of benzene rings is 2. The van der Waals surface area contributed by atoms with Crippen LogP contribution in [-0.4, -0.2) is 11.5 Å². The van der Waals surface area contributed by atoms with Gasteiger partial charge in [-0.15, -0.1) is 0 Å². The highest BCUT2D eigenvalue weighted by molar-refractivity contribution is 9.10. The van der Waals surface area contributed by atoms with Crippen molar-refractivity contribution in [3.05, 3.63) is 63.4 Å². The van der Waals surface area contributed by atoms with Gasteiger partial charge in [-0.25, -0.2) is 4.39 Å². The second kappa shape index (κ2) is 5.73. The van der Waals surface area contributed by atoms with Crippen molar-refractivity contribution in [3.8, 4) is 0 Å². The maximum absolute atomic E-state index is 14.6. The van der Waals surface area contributed by atoms with E-state index in [2.05, 4.69) is 28.1 Å². The number of fused-ring (bicyclic) bond motifs is 1. The van der Waals surface area contributed by atoms with E-state index in [1.165, 1.54) is 11.1 Å². The SMILES string of the molecule is NC(=S)c1ccc(N2CCc3ccccc3C2)c(F)c1Br. The van der Waals surface area contributed by atoms with Crippen molar-refractivity contribution < 1.29 is 4.39 Å². The lowest BCUT2D eigenvalue weighted by atomic mass is 9.99. The summed E-state index contributed by atoms with van der Waals surface area (Å²) >= 11 is 8.19. The van der Waals surface area contributed by atoms with Crippen molar-refractivity contribution >= 4 is 38.8 Å². The highest BCUT2D eigenvalue weighted by Crippen LogP contribution is 2.32. The van der Waals surface area contributed by atoms with Crippen LogP contribution in [0.1, 0.15) is 16.7 Å². The van der Waals surface area contributed by atoms with E-state index in [4.69, 9.17) is 18.0 Å². The van der Waals surface area contributed by atoms with E-state index >= 15 is 0 Å². The van der Waals surface area contributed by atoms with Gasteiger partial charge in [-0.05, 0) is 45.6 Å². The van der Waals surface area contributed by atoms with Crippen LogP contribution in [0.5, 0.6) is 0 Å². The van der Waals surface area contributed by atoms with Crippen molar-refractivity contribution in [2.45, 2.75) is 13.0 Å². The zero-order chi connectivity index (χ0) is 15.0. The standard InChI is InChI=1S/C16H14BrFN2S/c17-14-12(16(19)21)5-6-13(15(14)18)20-8-7-10-3-1-2-4-11(10)9-20/h1-6H,7-9H2,(H2,19,21). The van der Waals surface area contributed by atoms with Crippen molar-refractivity contribution in [1.29, 1.82) is 0 Å². The van der Waals surface area contributed by atoms with E-state index in [1.54, 1.807) is 12.1 Å². The lowest BCUT2D eigenvalue weighted by Crippen LogP contribution is -2.31. The second-order valence-electron chi connectivity index (χ2n) is 5.06. The summed E-state index contributed by atoms with van der Waals surface area (Å²) in [5, 5.41) is 0. The van der Waals surface area contributed by atoms with Crippen LogP contribution in [0.15, 0.2) is 40.9 Å². The molecule has 0 aliphatic carbocycles. The molecule has 0 radical (unpaired) electrons. The fourth-order valence-corrected chi connectivity index (χ4v) is 3.53. The first-order valence-corrected chi connectivity index (χ1v) is 7.87. The van der Waals surface area contributed by atoms with Crippen LogP contribution >= 0.6 is 28.1 Å². The third kappa shape index (κ3) is 2.68. The first-order valence-electron chi connectivity index (χ1n) is 6.67. The minimum Gasteiger partial charge on any atom is -0.389 e. The minimum atomic E-state index is -0.306. The summed E-state index contributed by atoms with van der Waals surface area (Å²) in [5.74, 6) is -0.306. The lowest BCUT2D eigenvalue weighted by Gasteiger charge is -2.31. The molecule has 0 saturated heterocycles. The first kappa shape index (κ1) is 14.5. The average molecular weight is 365 g/mol. The van der Waals surface area contributed by atoms with Gasteiger partial charge in [0.15, 0.2) is 5.82 Å². The van der Waals surface area contributed by atoms with Gasteiger partial charge in [0.05, 0.1) is 10.2 Å². The van der Waals surface area contributed by atoms with Gasteiger partial charge in [0, 0.05) is 18.7 Å². The number of nitrogens with two attached hydrogens (primary N) is 1. The molecule has 0 atom stereocenters. The molecule has 0 fully saturated rings. The topological polar surface area (TPSA) is 29.3 Å². The molecule has 3 rings (SSSR count). The molecule has 1 aliphatic rings.